The molecule has 132 valence electrons. The van der Waals surface area contributed by atoms with E-state index >= 15 is 0 Å². The predicted octanol–water partition coefficient (Wildman–Crippen LogP) is 3.17. The zero-order valence-corrected chi connectivity index (χ0v) is 14.2. The lowest BCUT2D eigenvalue weighted by atomic mass is 10.2. The molecule has 0 unspecified atom stereocenters. The smallest absolute Gasteiger partial charge is 0.255 e. The molecule has 1 amide bonds. The van der Waals surface area contributed by atoms with Gasteiger partial charge in [0.2, 0.25) is 10.0 Å². The number of rotatable bonds is 6. The normalized spacial score (nSPS) is 11.0. The Morgan fingerprint density at radius 1 is 1.16 bits per heavy atom. The third kappa shape index (κ3) is 4.42. The molecule has 0 aromatic heterocycles. The molecule has 0 aliphatic heterocycles. The molecule has 2 aromatic rings. The summed E-state index contributed by atoms with van der Waals surface area (Å²) >= 11 is 0. The molecule has 0 saturated heterocycles. The average molecular weight is 366 g/mol. The van der Waals surface area contributed by atoms with Gasteiger partial charge in [0.05, 0.1) is 18.5 Å². The molecule has 0 aliphatic rings. The van der Waals surface area contributed by atoms with Crippen molar-refractivity contribution in [3.8, 4) is 0 Å². The number of para-hydroxylation sites is 1. The first-order valence-electron chi connectivity index (χ1n) is 7.18. The van der Waals surface area contributed by atoms with E-state index in [9.17, 15) is 22.0 Å². The second-order valence-corrected chi connectivity index (χ2v) is 7.09. The highest BCUT2D eigenvalue weighted by atomic mass is 32.2. The van der Waals surface area contributed by atoms with E-state index in [1.807, 2.05) is 0 Å². The highest BCUT2D eigenvalue weighted by molar-refractivity contribution is 7.92. The molecular weight excluding hydrogens is 350 g/mol. The Morgan fingerprint density at radius 3 is 2.20 bits per heavy atom. The molecule has 5 nitrogen and oxygen atoms in total. The Kier molecular flexibility index (Phi) is 5.53. The number of sulfonamides is 1. The van der Waals surface area contributed by atoms with Crippen LogP contribution < -0.4 is 9.62 Å². The SMILES string of the molecule is C=CCN(c1ccc(C(=O)Nc2c(F)cccc2F)cc1)S(C)(=O)=O. The van der Waals surface area contributed by atoms with Crippen LogP contribution in [-0.2, 0) is 10.0 Å². The number of anilines is 2. The summed E-state index contributed by atoms with van der Waals surface area (Å²) in [7, 11) is -3.51. The summed E-state index contributed by atoms with van der Waals surface area (Å²) in [6, 6.07) is 8.83. The molecule has 2 aromatic carbocycles. The van der Waals surface area contributed by atoms with Crippen LogP contribution in [0, 0.1) is 11.6 Å². The lowest BCUT2D eigenvalue weighted by molar-refractivity contribution is 0.102. The molecule has 0 heterocycles. The van der Waals surface area contributed by atoms with Gasteiger partial charge in [-0.2, -0.15) is 0 Å². The largest absolute Gasteiger partial charge is 0.317 e. The number of carbonyl (C=O) groups is 1. The minimum Gasteiger partial charge on any atom is -0.317 e. The lowest BCUT2D eigenvalue weighted by Crippen LogP contribution is -2.29. The topological polar surface area (TPSA) is 66.5 Å². The second-order valence-electron chi connectivity index (χ2n) is 5.18. The Balaban J connectivity index is 2.24. The lowest BCUT2D eigenvalue weighted by Gasteiger charge is -2.20. The third-order valence-corrected chi connectivity index (χ3v) is 4.47. The monoisotopic (exact) mass is 366 g/mol. The molecule has 1 N–H and O–H groups in total. The van der Waals surface area contributed by atoms with Crippen LogP contribution in [0.1, 0.15) is 10.4 Å². The van der Waals surface area contributed by atoms with E-state index in [2.05, 4.69) is 11.9 Å². The highest BCUT2D eigenvalue weighted by Crippen LogP contribution is 2.21. The van der Waals surface area contributed by atoms with Crippen LogP contribution in [-0.4, -0.2) is 27.1 Å². The number of hydrogen-bond donors (Lipinski definition) is 1. The van der Waals surface area contributed by atoms with Crippen molar-refractivity contribution in [2.75, 3.05) is 22.4 Å². The minimum absolute atomic E-state index is 0.0742. The summed E-state index contributed by atoms with van der Waals surface area (Å²) in [5.74, 6) is -2.50. The van der Waals surface area contributed by atoms with Gasteiger partial charge in [-0.05, 0) is 36.4 Å². The van der Waals surface area contributed by atoms with Crippen molar-refractivity contribution < 1.29 is 22.0 Å². The first-order valence-corrected chi connectivity index (χ1v) is 9.03. The summed E-state index contributed by atoms with van der Waals surface area (Å²) < 4.78 is 51.8. The molecule has 0 bridgehead atoms. The molecule has 0 radical (unpaired) electrons. The van der Waals surface area contributed by atoms with E-state index in [-0.39, 0.29) is 12.1 Å². The molecule has 25 heavy (non-hydrogen) atoms. The molecular formula is C17H16F2N2O3S. The number of carbonyl (C=O) groups excluding carboxylic acids is 1. The van der Waals surface area contributed by atoms with Gasteiger partial charge in [-0.1, -0.05) is 12.1 Å². The van der Waals surface area contributed by atoms with E-state index in [1.54, 1.807) is 0 Å². The Hall–Kier alpha value is -2.74. The Labute approximate surface area is 144 Å². The van der Waals surface area contributed by atoms with Gasteiger partial charge < -0.3 is 5.32 Å². The summed E-state index contributed by atoms with van der Waals surface area (Å²) in [5.41, 5.74) is -0.0736. The van der Waals surface area contributed by atoms with Crippen molar-refractivity contribution in [2.45, 2.75) is 0 Å². The first-order chi connectivity index (χ1) is 11.7. The number of halogens is 2. The molecule has 0 spiro atoms. The quantitative estimate of drug-likeness (QED) is 0.799. The van der Waals surface area contributed by atoms with Crippen molar-refractivity contribution in [1.82, 2.24) is 0 Å². The Morgan fingerprint density at radius 2 is 1.72 bits per heavy atom. The standard InChI is InChI=1S/C17H16F2N2O3S/c1-3-11-21(25(2,23)24)13-9-7-12(8-10-13)17(22)20-16-14(18)5-4-6-15(16)19/h3-10H,1,11H2,2H3,(H,20,22). The van der Waals surface area contributed by atoms with Gasteiger partial charge in [-0.15, -0.1) is 6.58 Å². The second kappa shape index (κ2) is 7.43. The maximum absolute atomic E-state index is 13.6. The van der Waals surface area contributed by atoms with E-state index in [0.717, 1.165) is 22.7 Å². The fourth-order valence-electron chi connectivity index (χ4n) is 2.13. The fraction of sp³-hybridized carbons (Fsp3) is 0.118. The van der Waals surface area contributed by atoms with Crippen molar-refractivity contribution in [2.24, 2.45) is 0 Å². The summed E-state index contributed by atoms with van der Waals surface area (Å²) in [5, 5.41) is 2.16. The van der Waals surface area contributed by atoms with Crippen LogP contribution >= 0.6 is 0 Å². The van der Waals surface area contributed by atoms with E-state index in [0.29, 0.717) is 5.69 Å². The van der Waals surface area contributed by atoms with Crippen LogP contribution in [0.3, 0.4) is 0 Å². The minimum atomic E-state index is -3.51. The average Bonchev–Trinajstić information content (AvgIpc) is 2.55. The third-order valence-electron chi connectivity index (χ3n) is 3.31. The summed E-state index contributed by atoms with van der Waals surface area (Å²) in [4.78, 5) is 12.1. The van der Waals surface area contributed by atoms with Crippen molar-refractivity contribution in [3.63, 3.8) is 0 Å². The van der Waals surface area contributed by atoms with Crippen molar-refractivity contribution >= 4 is 27.3 Å². The number of nitrogens with zero attached hydrogens (tertiary/aromatic N) is 1. The van der Waals surface area contributed by atoms with Gasteiger partial charge in [0, 0.05) is 5.56 Å². The summed E-state index contributed by atoms with van der Waals surface area (Å²) in [6.07, 6.45) is 2.49. The van der Waals surface area contributed by atoms with Crippen LogP contribution in [0.2, 0.25) is 0 Å². The van der Waals surface area contributed by atoms with Gasteiger partial charge in [0.15, 0.2) is 0 Å². The number of amides is 1. The van der Waals surface area contributed by atoms with Gasteiger partial charge in [-0.3, -0.25) is 9.10 Å². The zero-order valence-electron chi connectivity index (χ0n) is 13.4. The maximum Gasteiger partial charge on any atom is 0.255 e. The maximum atomic E-state index is 13.6. The van der Waals surface area contributed by atoms with Crippen molar-refractivity contribution in [1.29, 1.82) is 0 Å². The number of benzene rings is 2. The number of hydrogen-bond acceptors (Lipinski definition) is 3. The van der Waals surface area contributed by atoms with Crippen molar-refractivity contribution in [3.05, 3.63) is 72.3 Å². The molecule has 2 rings (SSSR count). The molecule has 0 aliphatic carbocycles. The van der Waals surface area contributed by atoms with Gasteiger partial charge >= 0.3 is 0 Å². The Bertz CT molecular complexity index is 876. The molecule has 0 fully saturated rings. The first kappa shape index (κ1) is 18.6. The number of nitrogens with one attached hydrogen (secondary N) is 1. The molecule has 0 saturated carbocycles. The van der Waals surface area contributed by atoms with Crippen LogP contribution in [0.15, 0.2) is 55.1 Å². The predicted molar refractivity (Wildman–Crippen MR) is 93.1 cm³/mol. The van der Waals surface area contributed by atoms with Crippen LogP contribution in [0.25, 0.3) is 0 Å². The van der Waals surface area contributed by atoms with E-state index in [1.165, 1.54) is 36.4 Å². The van der Waals surface area contributed by atoms with E-state index in [4.69, 9.17) is 0 Å². The van der Waals surface area contributed by atoms with Crippen LogP contribution in [0.5, 0.6) is 0 Å². The van der Waals surface area contributed by atoms with Gasteiger partial charge in [-0.25, -0.2) is 17.2 Å². The zero-order chi connectivity index (χ0) is 18.6. The van der Waals surface area contributed by atoms with Gasteiger partial charge in [0.25, 0.3) is 5.91 Å². The molecule has 0 atom stereocenters. The molecule has 8 heteroatoms. The fourth-order valence-corrected chi connectivity index (χ4v) is 3.01. The summed E-state index contributed by atoms with van der Waals surface area (Å²) in [6.45, 7) is 3.58. The van der Waals surface area contributed by atoms with Crippen LogP contribution in [0.4, 0.5) is 20.2 Å². The highest BCUT2D eigenvalue weighted by Gasteiger charge is 2.17. The van der Waals surface area contributed by atoms with Gasteiger partial charge in [0.1, 0.15) is 17.3 Å². The van der Waals surface area contributed by atoms with E-state index < -0.39 is 33.3 Å².